The summed E-state index contributed by atoms with van der Waals surface area (Å²) in [5.74, 6) is -0.0866. The van der Waals surface area contributed by atoms with Crippen LogP contribution in [0.5, 0.6) is 5.75 Å². The maximum atomic E-state index is 10.7. The summed E-state index contributed by atoms with van der Waals surface area (Å²) in [5, 5.41) is 11.2. The van der Waals surface area contributed by atoms with Crippen LogP contribution in [0.1, 0.15) is 16.7 Å². The van der Waals surface area contributed by atoms with E-state index in [-0.39, 0.29) is 6.42 Å². The van der Waals surface area contributed by atoms with Gasteiger partial charge in [-0.25, -0.2) is 0 Å². The lowest BCUT2D eigenvalue weighted by Gasteiger charge is -2.12. The molecule has 0 fully saturated rings. The third-order valence-corrected chi connectivity index (χ3v) is 3.94. The highest BCUT2D eigenvalue weighted by Gasteiger charge is 2.06. The summed E-state index contributed by atoms with van der Waals surface area (Å²) < 4.78 is 5.89. The van der Waals surface area contributed by atoms with E-state index >= 15 is 0 Å². The molecule has 0 spiro atoms. The topological polar surface area (TPSA) is 46.5 Å². The summed E-state index contributed by atoms with van der Waals surface area (Å²) >= 11 is 0. The molecule has 23 heavy (non-hydrogen) atoms. The van der Waals surface area contributed by atoms with Crippen molar-refractivity contribution in [2.45, 2.75) is 20.0 Å². The van der Waals surface area contributed by atoms with Crippen molar-refractivity contribution in [3.8, 4) is 5.75 Å². The Kier molecular flexibility index (Phi) is 4.29. The molecule has 0 saturated carbocycles. The van der Waals surface area contributed by atoms with Crippen molar-refractivity contribution in [2.24, 2.45) is 0 Å². The van der Waals surface area contributed by atoms with Crippen LogP contribution in [0.2, 0.25) is 0 Å². The van der Waals surface area contributed by atoms with Gasteiger partial charge < -0.3 is 9.84 Å². The smallest absolute Gasteiger partial charge is 0.307 e. The first-order chi connectivity index (χ1) is 11.1. The first-order valence-electron chi connectivity index (χ1n) is 7.54. The molecule has 116 valence electrons. The van der Waals surface area contributed by atoms with Crippen LogP contribution >= 0.6 is 0 Å². The normalized spacial score (nSPS) is 10.7. The van der Waals surface area contributed by atoms with Crippen LogP contribution in [-0.4, -0.2) is 11.1 Å². The number of carboxylic acid groups (broad SMARTS) is 1. The van der Waals surface area contributed by atoms with Crippen LogP contribution in [0.3, 0.4) is 0 Å². The molecule has 0 unspecified atom stereocenters. The molecule has 3 aromatic carbocycles. The van der Waals surface area contributed by atoms with Gasteiger partial charge in [0, 0.05) is 5.56 Å². The van der Waals surface area contributed by atoms with Crippen LogP contribution in [-0.2, 0) is 17.8 Å². The number of benzene rings is 3. The van der Waals surface area contributed by atoms with E-state index in [1.54, 1.807) is 12.1 Å². The average molecular weight is 306 g/mol. The van der Waals surface area contributed by atoms with Crippen molar-refractivity contribution in [3.63, 3.8) is 0 Å². The molecule has 0 aromatic heterocycles. The fourth-order valence-corrected chi connectivity index (χ4v) is 2.67. The number of carbonyl (C=O) groups is 1. The van der Waals surface area contributed by atoms with Gasteiger partial charge in [-0.05, 0) is 41.0 Å². The Morgan fingerprint density at radius 3 is 2.48 bits per heavy atom. The highest BCUT2D eigenvalue weighted by atomic mass is 16.5. The molecule has 0 aliphatic rings. The maximum absolute atomic E-state index is 10.7. The first kappa shape index (κ1) is 15.1. The van der Waals surface area contributed by atoms with Crippen LogP contribution < -0.4 is 4.74 Å². The van der Waals surface area contributed by atoms with E-state index in [0.29, 0.717) is 6.61 Å². The Labute approximate surface area is 135 Å². The predicted molar refractivity (Wildman–Crippen MR) is 90.8 cm³/mol. The summed E-state index contributed by atoms with van der Waals surface area (Å²) in [6.45, 7) is 2.58. The van der Waals surface area contributed by atoms with Crippen molar-refractivity contribution < 1.29 is 14.6 Å². The van der Waals surface area contributed by atoms with Gasteiger partial charge in [0.05, 0.1) is 6.42 Å². The Morgan fingerprint density at radius 1 is 1.00 bits per heavy atom. The second-order valence-corrected chi connectivity index (χ2v) is 5.59. The summed E-state index contributed by atoms with van der Waals surface area (Å²) in [6.07, 6.45) is 0.0305. The molecular weight excluding hydrogens is 288 g/mol. The van der Waals surface area contributed by atoms with Gasteiger partial charge >= 0.3 is 5.97 Å². The zero-order valence-electron chi connectivity index (χ0n) is 13.0. The van der Waals surface area contributed by atoms with Crippen molar-refractivity contribution in [3.05, 3.63) is 77.4 Å². The van der Waals surface area contributed by atoms with Gasteiger partial charge in [0.1, 0.15) is 12.4 Å². The average Bonchev–Trinajstić information content (AvgIpc) is 2.55. The highest BCUT2D eigenvalue weighted by molar-refractivity contribution is 5.86. The van der Waals surface area contributed by atoms with Crippen LogP contribution in [0.25, 0.3) is 10.8 Å². The third kappa shape index (κ3) is 3.51. The molecule has 1 N–H and O–H groups in total. The van der Waals surface area contributed by atoms with E-state index in [4.69, 9.17) is 9.84 Å². The van der Waals surface area contributed by atoms with Crippen molar-refractivity contribution in [2.75, 3.05) is 0 Å². The molecule has 0 aliphatic heterocycles. The SMILES string of the molecule is Cc1ccc2ccccc2c1COc1ccc(CC(=O)O)cc1. The fraction of sp³-hybridized carbons (Fsp3) is 0.150. The highest BCUT2D eigenvalue weighted by Crippen LogP contribution is 2.24. The first-order valence-corrected chi connectivity index (χ1v) is 7.54. The molecule has 0 saturated heterocycles. The predicted octanol–water partition coefficient (Wildman–Crippen LogP) is 4.35. The summed E-state index contributed by atoms with van der Waals surface area (Å²) in [7, 11) is 0. The Bertz CT molecular complexity index is 835. The van der Waals surface area contributed by atoms with Gasteiger partial charge in [0.15, 0.2) is 0 Å². The third-order valence-electron chi connectivity index (χ3n) is 3.94. The molecule has 3 aromatic rings. The Morgan fingerprint density at radius 2 is 1.74 bits per heavy atom. The largest absolute Gasteiger partial charge is 0.489 e. The van der Waals surface area contributed by atoms with E-state index < -0.39 is 5.97 Å². The summed E-state index contributed by atoms with van der Waals surface area (Å²) in [5.41, 5.74) is 3.15. The quantitative estimate of drug-likeness (QED) is 0.762. The van der Waals surface area contributed by atoms with Gasteiger partial charge in [-0.2, -0.15) is 0 Å². The Hall–Kier alpha value is -2.81. The Balaban J connectivity index is 1.78. The molecule has 3 rings (SSSR count). The maximum Gasteiger partial charge on any atom is 0.307 e. The molecule has 3 nitrogen and oxygen atoms in total. The van der Waals surface area contributed by atoms with Gasteiger partial charge in [-0.3, -0.25) is 4.79 Å². The molecule has 0 atom stereocenters. The van der Waals surface area contributed by atoms with Gasteiger partial charge in [0.2, 0.25) is 0 Å². The lowest BCUT2D eigenvalue weighted by atomic mass is 10.0. The lowest BCUT2D eigenvalue weighted by Crippen LogP contribution is -2.01. The number of ether oxygens (including phenoxy) is 1. The molecule has 0 amide bonds. The fourth-order valence-electron chi connectivity index (χ4n) is 2.67. The second-order valence-electron chi connectivity index (χ2n) is 5.59. The number of aryl methyl sites for hydroxylation is 1. The zero-order valence-corrected chi connectivity index (χ0v) is 13.0. The van der Waals surface area contributed by atoms with Crippen molar-refractivity contribution >= 4 is 16.7 Å². The summed E-state index contributed by atoms with van der Waals surface area (Å²) in [4.78, 5) is 10.7. The van der Waals surface area contributed by atoms with Gasteiger partial charge in [-0.15, -0.1) is 0 Å². The standard InChI is InChI=1S/C20H18O3/c1-14-6-9-16-4-2-3-5-18(16)19(14)13-23-17-10-7-15(8-11-17)12-20(21)22/h2-11H,12-13H2,1H3,(H,21,22). The zero-order chi connectivity index (χ0) is 16.2. The minimum absolute atomic E-state index is 0.0305. The van der Waals surface area contributed by atoms with E-state index in [1.807, 2.05) is 24.3 Å². The number of rotatable bonds is 5. The monoisotopic (exact) mass is 306 g/mol. The number of fused-ring (bicyclic) bond motifs is 1. The van der Waals surface area contributed by atoms with Gasteiger partial charge in [0.25, 0.3) is 0 Å². The lowest BCUT2D eigenvalue weighted by molar-refractivity contribution is -0.136. The van der Waals surface area contributed by atoms with E-state index in [1.165, 1.54) is 21.9 Å². The van der Waals surface area contributed by atoms with E-state index in [0.717, 1.165) is 11.3 Å². The molecule has 0 heterocycles. The molecular formula is C20H18O3. The van der Waals surface area contributed by atoms with Crippen molar-refractivity contribution in [1.29, 1.82) is 0 Å². The van der Waals surface area contributed by atoms with Crippen LogP contribution in [0, 0.1) is 6.92 Å². The molecule has 0 aliphatic carbocycles. The second kappa shape index (κ2) is 6.53. The van der Waals surface area contributed by atoms with Gasteiger partial charge in [-0.1, -0.05) is 48.5 Å². The molecule has 0 bridgehead atoms. The number of hydrogen-bond acceptors (Lipinski definition) is 2. The van der Waals surface area contributed by atoms with Crippen LogP contribution in [0.15, 0.2) is 60.7 Å². The number of carboxylic acids is 1. The van der Waals surface area contributed by atoms with Crippen molar-refractivity contribution in [1.82, 2.24) is 0 Å². The molecule has 3 heteroatoms. The number of aliphatic carboxylic acids is 1. The minimum Gasteiger partial charge on any atom is -0.489 e. The minimum atomic E-state index is -0.829. The van der Waals surface area contributed by atoms with E-state index in [2.05, 4.69) is 31.2 Å². The summed E-state index contributed by atoms with van der Waals surface area (Å²) in [6, 6.07) is 19.7. The van der Waals surface area contributed by atoms with Crippen LogP contribution in [0.4, 0.5) is 0 Å². The number of hydrogen-bond donors (Lipinski definition) is 1. The van der Waals surface area contributed by atoms with E-state index in [9.17, 15) is 4.79 Å². The molecule has 0 radical (unpaired) electrons.